The summed E-state index contributed by atoms with van der Waals surface area (Å²) in [5, 5.41) is 19.6. The van der Waals surface area contributed by atoms with E-state index < -0.39 is 12.3 Å². The van der Waals surface area contributed by atoms with Crippen molar-refractivity contribution in [2.24, 2.45) is 5.73 Å². The van der Waals surface area contributed by atoms with Crippen molar-refractivity contribution in [2.45, 2.75) is 18.8 Å². The van der Waals surface area contributed by atoms with Crippen molar-refractivity contribution in [3.05, 3.63) is 65.7 Å². The Labute approximate surface area is 160 Å². The number of aldehydes is 1. The van der Waals surface area contributed by atoms with Gasteiger partial charge in [-0.25, -0.2) is 4.98 Å². The van der Waals surface area contributed by atoms with Gasteiger partial charge in [-0.05, 0) is 42.4 Å². The van der Waals surface area contributed by atoms with Crippen LogP contribution in [0, 0.1) is 0 Å². The molecule has 0 radical (unpaired) electrons. The van der Waals surface area contributed by atoms with Crippen molar-refractivity contribution in [3.63, 3.8) is 0 Å². The van der Waals surface area contributed by atoms with Gasteiger partial charge in [0.25, 0.3) is 6.29 Å². The number of carbonyl (C=O) groups excluding carboxylic acids is 1. The first-order valence-corrected chi connectivity index (χ1v) is 8.76. The summed E-state index contributed by atoms with van der Waals surface area (Å²) in [4.78, 5) is 15.4. The van der Waals surface area contributed by atoms with Gasteiger partial charge in [-0.15, -0.1) is 0 Å². The van der Waals surface area contributed by atoms with Crippen LogP contribution in [0.2, 0.25) is 0 Å². The number of benzene rings is 2. The number of imidazole rings is 1. The molecule has 0 amide bonds. The van der Waals surface area contributed by atoms with Crippen molar-refractivity contribution in [1.29, 1.82) is 0 Å². The maximum Gasteiger partial charge on any atom is 0.266 e. The predicted octanol–water partition coefficient (Wildman–Crippen LogP) is 1.99. The molecule has 28 heavy (non-hydrogen) atoms. The molecule has 144 valence electrons. The molecule has 0 saturated carbocycles. The third-order valence-corrected chi connectivity index (χ3v) is 4.57. The van der Waals surface area contributed by atoms with Crippen LogP contribution in [0.4, 0.5) is 0 Å². The van der Waals surface area contributed by atoms with Gasteiger partial charge in [0.15, 0.2) is 23.0 Å². The summed E-state index contributed by atoms with van der Waals surface area (Å²) in [6.45, 7) is 0.470. The lowest BCUT2D eigenvalue weighted by molar-refractivity contribution is 0.0148. The van der Waals surface area contributed by atoms with Crippen LogP contribution in [0.15, 0.2) is 48.9 Å². The molecule has 8 heteroatoms. The van der Waals surface area contributed by atoms with Crippen LogP contribution in [0.5, 0.6) is 23.0 Å². The largest absolute Gasteiger partial charge is 0.504 e. The number of hydrogen-bond acceptors (Lipinski definition) is 7. The normalized spacial score (nSPS) is 16.1. The molecule has 2 heterocycles. The van der Waals surface area contributed by atoms with Crippen LogP contribution in [0.3, 0.4) is 0 Å². The number of aromatic nitrogens is 2. The fraction of sp³-hybridized carbons (Fsp3) is 0.200. The number of ether oxygens (including phenoxy) is 2. The lowest BCUT2D eigenvalue weighted by atomic mass is 10.1. The van der Waals surface area contributed by atoms with Crippen molar-refractivity contribution < 1.29 is 24.5 Å². The molecule has 4 N–H and O–H groups in total. The van der Waals surface area contributed by atoms with Crippen LogP contribution >= 0.6 is 0 Å². The third-order valence-electron chi connectivity index (χ3n) is 4.57. The van der Waals surface area contributed by atoms with Gasteiger partial charge >= 0.3 is 0 Å². The minimum Gasteiger partial charge on any atom is -0.504 e. The van der Waals surface area contributed by atoms with Gasteiger partial charge in [-0.2, -0.15) is 0 Å². The highest BCUT2D eigenvalue weighted by atomic mass is 16.7. The average molecular weight is 381 g/mol. The van der Waals surface area contributed by atoms with E-state index in [1.165, 1.54) is 12.1 Å². The zero-order chi connectivity index (χ0) is 19.7. The number of carbonyl (C=O) groups is 1. The van der Waals surface area contributed by atoms with Gasteiger partial charge in [-0.1, -0.05) is 6.07 Å². The Morgan fingerprint density at radius 2 is 1.96 bits per heavy atom. The topological polar surface area (TPSA) is 120 Å². The number of aromatic hydroxyl groups is 2. The number of rotatable bonds is 6. The fourth-order valence-electron chi connectivity index (χ4n) is 3.19. The van der Waals surface area contributed by atoms with E-state index in [9.17, 15) is 15.0 Å². The number of fused-ring (bicyclic) bond motifs is 1. The minimum absolute atomic E-state index is 0.218. The van der Waals surface area contributed by atoms with Gasteiger partial charge < -0.3 is 30.0 Å². The highest BCUT2D eigenvalue weighted by Crippen LogP contribution is 2.41. The van der Waals surface area contributed by atoms with Crippen LogP contribution in [0.1, 0.15) is 27.7 Å². The van der Waals surface area contributed by atoms with Crippen molar-refractivity contribution in [1.82, 2.24) is 9.55 Å². The number of phenols is 2. The van der Waals surface area contributed by atoms with Crippen molar-refractivity contribution in [2.75, 3.05) is 6.54 Å². The third kappa shape index (κ3) is 3.25. The molecule has 1 aromatic heterocycles. The summed E-state index contributed by atoms with van der Waals surface area (Å²) in [5.74, 6) is 0.517. The lowest BCUT2D eigenvalue weighted by Crippen LogP contribution is -2.31. The highest BCUT2D eigenvalue weighted by molar-refractivity contribution is 5.76. The average Bonchev–Trinajstić information content (AvgIpc) is 3.31. The fourth-order valence-corrected chi connectivity index (χ4v) is 3.19. The minimum atomic E-state index is -0.763. The Balaban J connectivity index is 1.72. The molecule has 0 bridgehead atoms. The van der Waals surface area contributed by atoms with Gasteiger partial charge in [-0.3, -0.25) is 4.79 Å². The Morgan fingerprint density at radius 1 is 1.14 bits per heavy atom. The molecule has 0 spiro atoms. The molecule has 1 aliphatic rings. The van der Waals surface area contributed by atoms with E-state index in [2.05, 4.69) is 4.98 Å². The van der Waals surface area contributed by atoms with Crippen LogP contribution < -0.4 is 15.2 Å². The number of phenolic OH excluding ortho intramolecular Hbond substituents is 2. The highest BCUT2D eigenvalue weighted by Gasteiger charge is 2.35. The predicted molar refractivity (Wildman–Crippen MR) is 99.8 cm³/mol. The smallest absolute Gasteiger partial charge is 0.266 e. The Hall–Kier alpha value is -3.52. The quantitative estimate of drug-likeness (QED) is 0.441. The van der Waals surface area contributed by atoms with E-state index in [4.69, 9.17) is 15.2 Å². The molecular weight excluding hydrogens is 362 g/mol. The van der Waals surface area contributed by atoms with E-state index in [0.29, 0.717) is 35.6 Å². The second-order valence-electron chi connectivity index (χ2n) is 6.47. The lowest BCUT2D eigenvalue weighted by Gasteiger charge is -2.24. The van der Waals surface area contributed by atoms with Crippen molar-refractivity contribution in [3.8, 4) is 23.0 Å². The van der Waals surface area contributed by atoms with Gasteiger partial charge in [0, 0.05) is 18.2 Å². The SMILES string of the molecule is NCCc1cn(C(c2ccc(O)c(O)c2)C2Oc3ccc(C=O)cc3O2)cn1. The number of nitrogens with zero attached hydrogens (tertiary/aromatic N) is 2. The summed E-state index contributed by atoms with van der Waals surface area (Å²) < 4.78 is 13.7. The molecule has 8 nitrogen and oxygen atoms in total. The molecule has 1 aliphatic heterocycles. The summed E-state index contributed by atoms with van der Waals surface area (Å²) in [6.07, 6.45) is 4.08. The molecule has 2 aromatic carbocycles. The maximum absolute atomic E-state index is 11.0. The Bertz CT molecular complexity index is 1020. The summed E-state index contributed by atoms with van der Waals surface area (Å²) in [5.41, 5.74) is 7.56. The van der Waals surface area contributed by atoms with Crippen LogP contribution in [-0.2, 0) is 6.42 Å². The molecule has 0 aliphatic carbocycles. The first kappa shape index (κ1) is 17.9. The second kappa shape index (κ2) is 7.24. The van der Waals surface area contributed by atoms with Gasteiger partial charge in [0.1, 0.15) is 12.3 Å². The summed E-state index contributed by atoms with van der Waals surface area (Å²) in [7, 11) is 0. The van der Waals surface area contributed by atoms with Crippen LogP contribution in [-0.4, -0.2) is 38.9 Å². The van der Waals surface area contributed by atoms with E-state index >= 15 is 0 Å². The number of hydrogen-bond donors (Lipinski definition) is 3. The first-order valence-electron chi connectivity index (χ1n) is 8.76. The first-order chi connectivity index (χ1) is 13.6. The molecule has 0 saturated heterocycles. The zero-order valence-corrected chi connectivity index (χ0v) is 14.9. The molecule has 3 aromatic rings. The van der Waals surface area contributed by atoms with E-state index in [-0.39, 0.29) is 11.5 Å². The van der Waals surface area contributed by atoms with Crippen LogP contribution in [0.25, 0.3) is 0 Å². The molecule has 2 unspecified atom stereocenters. The molecule has 0 fully saturated rings. The van der Waals surface area contributed by atoms with Crippen molar-refractivity contribution >= 4 is 6.29 Å². The zero-order valence-electron chi connectivity index (χ0n) is 14.9. The molecular formula is C20H19N3O5. The second-order valence-corrected chi connectivity index (χ2v) is 6.47. The standard InChI is InChI=1S/C20H19N3O5/c21-6-5-14-9-23(11-22-14)19(13-2-3-15(25)16(26)8-13)20-27-17-4-1-12(10-24)7-18(17)28-20/h1-4,7-11,19-20,25-26H,5-6,21H2. The number of nitrogens with two attached hydrogens (primary N) is 1. The van der Waals surface area contributed by atoms with E-state index in [1.807, 2.05) is 10.8 Å². The van der Waals surface area contributed by atoms with Gasteiger partial charge in [0.05, 0.1) is 12.0 Å². The maximum atomic E-state index is 11.0. The summed E-state index contributed by atoms with van der Waals surface area (Å²) >= 11 is 0. The Kier molecular flexibility index (Phi) is 4.62. The van der Waals surface area contributed by atoms with Gasteiger partial charge in [0.2, 0.25) is 0 Å². The Morgan fingerprint density at radius 3 is 2.71 bits per heavy atom. The summed E-state index contributed by atoms with van der Waals surface area (Å²) in [6, 6.07) is 8.97. The molecule has 2 atom stereocenters. The van der Waals surface area contributed by atoms with E-state index in [0.717, 1.165) is 12.0 Å². The monoisotopic (exact) mass is 381 g/mol. The molecule has 4 rings (SSSR count). The van der Waals surface area contributed by atoms with E-state index in [1.54, 1.807) is 30.6 Å².